The predicted molar refractivity (Wildman–Crippen MR) is 167 cm³/mol. The van der Waals surface area contributed by atoms with Crippen molar-refractivity contribution in [2.24, 2.45) is 11.3 Å². The van der Waals surface area contributed by atoms with E-state index in [-0.39, 0.29) is 24.3 Å². The molecule has 0 saturated carbocycles. The highest BCUT2D eigenvalue weighted by atomic mass is 16.5. The molecule has 0 heterocycles. The second-order valence-corrected chi connectivity index (χ2v) is 12.4. The van der Waals surface area contributed by atoms with Gasteiger partial charge in [0.05, 0.1) is 7.11 Å². The third-order valence-corrected chi connectivity index (χ3v) is 6.86. The molecular weight excluding hydrogens is 546 g/mol. The molecule has 0 aliphatic heterocycles. The monoisotopic (exact) mass is 594 g/mol. The fourth-order valence-electron chi connectivity index (χ4n) is 4.43. The molecule has 10 nitrogen and oxygen atoms in total. The van der Waals surface area contributed by atoms with Gasteiger partial charge in [0.15, 0.2) is 0 Å². The number of amides is 3. The average Bonchev–Trinajstić information content (AvgIpc) is 2.94. The van der Waals surface area contributed by atoms with E-state index < -0.39 is 41.1 Å². The Morgan fingerprint density at radius 3 is 1.98 bits per heavy atom. The first kappa shape index (κ1) is 35.1. The maximum atomic E-state index is 13.4. The van der Waals surface area contributed by atoms with Crippen LogP contribution in [0.4, 0.5) is 0 Å². The number of methoxy groups -OCH3 is 1. The van der Waals surface area contributed by atoms with Crippen LogP contribution in [0.2, 0.25) is 0 Å². The van der Waals surface area contributed by atoms with Gasteiger partial charge in [0.2, 0.25) is 11.9 Å². The summed E-state index contributed by atoms with van der Waals surface area (Å²) in [6.07, 6.45) is 0. The van der Waals surface area contributed by atoms with Gasteiger partial charge >= 0.3 is 5.90 Å². The van der Waals surface area contributed by atoms with Gasteiger partial charge in [-0.1, -0.05) is 77.1 Å². The summed E-state index contributed by atoms with van der Waals surface area (Å²) < 4.78 is 5.52. The molecule has 3 atom stereocenters. The number of rotatable bonds is 13. The maximum Gasteiger partial charge on any atom is 0.357 e. The molecular formula is C33H48N5O5+. The van der Waals surface area contributed by atoms with Crippen LogP contribution in [0.3, 0.4) is 0 Å². The van der Waals surface area contributed by atoms with Crippen molar-refractivity contribution in [3.63, 3.8) is 0 Å². The van der Waals surface area contributed by atoms with Crippen LogP contribution in [0.15, 0.2) is 54.6 Å². The third kappa shape index (κ3) is 10.9. The van der Waals surface area contributed by atoms with Crippen molar-refractivity contribution in [2.45, 2.75) is 72.8 Å². The highest BCUT2D eigenvalue weighted by Gasteiger charge is 2.37. The minimum absolute atomic E-state index is 0.215. The van der Waals surface area contributed by atoms with E-state index in [1.165, 1.54) is 7.11 Å². The molecule has 0 aliphatic carbocycles. The molecule has 3 amide bonds. The molecule has 0 aromatic heterocycles. The number of nitrogens with one attached hydrogen (secondary N) is 4. The van der Waals surface area contributed by atoms with Crippen LogP contribution in [-0.4, -0.2) is 73.6 Å². The van der Waals surface area contributed by atoms with Gasteiger partial charge in [-0.25, -0.2) is 4.99 Å². The Morgan fingerprint density at radius 1 is 0.884 bits per heavy atom. The quantitative estimate of drug-likeness (QED) is 0.158. The zero-order valence-electron chi connectivity index (χ0n) is 26.9. The first-order valence-electron chi connectivity index (χ1n) is 14.5. The number of carbonyl (C=O) groups excluding carboxylic acids is 4. The summed E-state index contributed by atoms with van der Waals surface area (Å²) in [5.41, 5.74) is 1.87. The Balaban J connectivity index is 2.12. The van der Waals surface area contributed by atoms with Crippen LogP contribution in [0.5, 0.6) is 0 Å². The van der Waals surface area contributed by atoms with E-state index >= 15 is 0 Å². The molecule has 0 radical (unpaired) electrons. The van der Waals surface area contributed by atoms with Gasteiger partial charge in [-0.2, -0.15) is 0 Å². The van der Waals surface area contributed by atoms with Crippen molar-refractivity contribution < 1.29 is 28.9 Å². The van der Waals surface area contributed by atoms with Gasteiger partial charge in [-0.3, -0.25) is 19.2 Å². The summed E-state index contributed by atoms with van der Waals surface area (Å²) >= 11 is 0. The number of carbonyl (C=O) groups is 4. The van der Waals surface area contributed by atoms with Crippen molar-refractivity contribution >= 4 is 29.4 Å². The Hall–Kier alpha value is -4.05. The number of Topliss-reactive ketones (excluding diaryl/α,β-unsaturated/α-hetero) is 1. The van der Waals surface area contributed by atoms with Crippen molar-refractivity contribution in [3.05, 3.63) is 71.3 Å². The largest absolute Gasteiger partial charge is 0.450 e. The van der Waals surface area contributed by atoms with Gasteiger partial charge in [0.1, 0.15) is 12.1 Å². The number of benzene rings is 2. The molecule has 0 saturated heterocycles. The lowest BCUT2D eigenvalue weighted by atomic mass is 9.85. The number of hydrogen-bond acceptors (Lipinski definition) is 6. The first-order chi connectivity index (χ1) is 20.1. The Labute approximate surface area is 255 Å². The lowest BCUT2D eigenvalue weighted by Gasteiger charge is -2.31. The summed E-state index contributed by atoms with van der Waals surface area (Å²) in [5, 5.41) is 8.42. The van der Waals surface area contributed by atoms with Gasteiger partial charge in [0.25, 0.3) is 17.6 Å². The molecule has 2 aromatic carbocycles. The van der Waals surface area contributed by atoms with Crippen molar-refractivity contribution in [2.75, 3.05) is 21.2 Å². The summed E-state index contributed by atoms with van der Waals surface area (Å²) in [5.74, 6) is -2.18. The number of ketones is 1. The average molecular weight is 595 g/mol. The predicted octanol–water partition coefficient (Wildman–Crippen LogP) is 1.43. The molecule has 0 fully saturated rings. The fraction of sp³-hybridized carbons (Fsp3) is 0.485. The van der Waals surface area contributed by atoms with Crippen LogP contribution < -0.4 is 20.9 Å². The van der Waals surface area contributed by atoms with Crippen LogP contribution in [-0.2, 0) is 32.2 Å². The molecule has 10 heteroatoms. The topological polar surface area (TPSA) is 131 Å². The van der Waals surface area contributed by atoms with E-state index in [0.29, 0.717) is 5.56 Å². The molecule has 4 N–H and O–H groups in total. The zero-order chi connectivity index (χ0) is 32.3. The Kier molecular flexibility index (Phi) is 13.1. The summed E-state index contributed by atoms with van der Waals surface area (Å²) in [6.45, 7) is 11.9. The van der Waals surface area contributed by atoms with Gasteiger partial charge in [0, 0.05) is 24.6 Å². The molecule has 0 unspecified atom stereocenters. The molecule has 0 bridgehead atoms. The normalized spacial score (nSPS) is 14.1. The van der Waals surface area contributed by atoms with E-state index in [2.05, 4.69) is 25.8 Å². The fourth-order valence-corrected chi connectivity index (χ4v) is 4.43. The molecule has 43 heavy (non-hydrogen) atoms. The van der Waals surface area contributed by atoms with Gasteiger partial charge in [-0.05, 0) is 49.7 Å². The third-order valence-electron chi connectivity index (χ3n) is 6.86. The second kappa shape index (κ2) is 16.0. The van der Waals surface area contributed by atoms with E-state index in [4.69, 9.17) is 4.74 Å². The number of ether oxygens (including phenoxy) is 1. The minimum Gasteiger partial charge on any atom is -0.450 e. The summed E-state index contributed by atoms with van der Waals surface area (Å²) in [4.78, 5) is 57.4. The van der Waals surface area contributed by atoms with Crippen molar-refractivity contribution in [3.8, 4) is 0 Å². The van der Waals surface area contributed by atoms with Gasteiger partial charge in [-0.15, -0.1) is 0 Å². The van der Waals surface area contributed by atoms with Crippen molar-refractivity contribution in [1.82, 2.24) is 20.9 Å². The summed E-state index contributed by atoms with van der Waals surface area (Å²) in [6, 6.07) is 14.1. The Morgan fingerprint density at radius 2 is 1.47 bits per heavy atom. The molecule has 0 spiro atoms. The lowest BCUT2D eigenvalue weighted by molar-refractivity contribution is -0.505. The standard InChI is InChI=1S/C33H47N5O5/c1-21(2)26(27(39)30(41)34-19-23-15-17-24(18-16-23)20-38(7)8)36-32(43-9)22(3)35-31(42)28(33(4,5)6)37-29(40)25-13-11-10-12-14-25/h10-18,21-22,26,28H,19-20H2,1-9H3,(H,34,41)(H,35,42)(H,37,40)/p+1/t22-,26-,28+/m0/s1. The zero-order valence-corrected chi connectivity index (χ0v) is 26.9. The minimum atomic E-state index is -0.895. The highest BCUT2D eigenvalue weighted by molar-refractivity contribution is 6.37. The van der Waals surface area contributed by atoms with Crippen LogP contribution in [0.25, 0.3) is 0 Å². The van der Waals surface area contributed by atoms with Crippen molar-refractivity contribution in [1.29, 1.82) is 0 Å². The molecule has 2 rings (SSSR count). The SMILES string of the molecule is COC(=[NH+][C@H](C(=O)C(=O)NCc1ccc(CN(C)C)cc1)C(C)C)[C@H](C)NC(=O)[C@@H](NC(=O)c1ccccc1)C(C)(C)C. The van der Waals surface area contributed by atoms with Crippen LogP contribution in [0, 0.1) is 11.3 Å². The first-order valence-corrected chi connectivity index (χ1v) is 14.5. The van der Waals surface area contributed by atoms with Crippen LogP contribution in [0.1, 0.15) is 63.0 Å². The maximum absolute atomic E-state index is 13.4. The molecule has 2 aromatic rings. The Bertz CT molecular complexity index is 1270. The summed E-state index contributed by atoms with van der Waals surface area (Å²) in [7, 11) is 5.41. The smallest absolute Gasteiger partial charge is 0.357 e. The lowest BCUT2D eigenvalue weighted by Crippen LogP contribution is -2.86. The van der Waals surface area contributed by atoms with E-state index in [0.717, 1.165) is 17.7 Å². The van der Waals surface area contributed by atoms with E-state index in [1.54, 1.807) is 31.2 Å². The molecule has 0 aliphatic rings. The van der Waals surface area contributed by atoms with Crippen LogP contribution >= 0.6 is 0 Å². The van der Waals surface area contributed by atoms with Gasteiger partial charge < -0.3 is 25.6 Å². The number of nitrogens with zero attached hydrogens (tertiary/aromatic N) is 1. The van der Waals surface area contributed by atoms with E-state index in [1.807, 2.05) is 79.0 Å². The highest BCUT2D eigenvalue weighted by Crippen LogP contribution is 2.20. The number of hydrogen-bond donors (Lipinski definition) is 4. The van der Waals surface area contributed by atoms with E-state index in [9.17, 15) is 19.2 Å². The molecule has 234 valence electrons. The second-order valence-electron chi connectivity index (χ2n) is 12.4.